The van der Waals surface area contributed by atoms with Crippen LogP contribution in [0.15, 0.2) is 208 Å². The van der Waals surface area contributed by atoms with E-state index in [1.807, 2.05) is 24.3 Å². The van der Waals surface area contributed by atoms with Crippen molar-refractivity contribution in [2.24, 2.45) is 0 Å². The lowest BCUT2D eigenvalue weighted by Gasteiger charge is -2.26. The predicted molar refractivity (Wildman–Crippen MR) is 243 cm³/mol. The van der Waals surface area contributed by atoms with Gasteiger partial charge in [0.1, 0.15) is 0 Å². The second-order valence-corrected chi connectivity index (χ2v) is 13.9. The van der Waals surface area contributed by atoms with Gasteiger partial charge in [-0.15, -0.1) is 0 Å². The number of allylic oxidation sites excluding steroid dienone is 6. The Kier molecular flexibility index (Phi) is 9.87. The van der Waals surface area contributed by atoms with Crippen molar-refractivity contribution in [2.45, 2.75) is 26.9 Å². The quantitative estimate of drug-likeness (QED) is 0.110. The molecule has 0 radical (unpaired) electrons. The highest BCUT2D eigenvalue weighted by molar-refractivity contribution is 6.10. The van der Waals surface area contributed by atoms with E-state index in [-0.39, 0.29) is 0 Å². The van der Waals surface area contributed by atoms with Gasteiger partial charge in [0.15, 0.2) is 0 Å². The zero-order valence-corrected chi connectivity index (χ0v) is 32.2. The molecule has 0 spiro atoms. The summed E-state index contributed by atoms with van der Waals surface area (Å²) in [6, 6.07) is 48.1. The number of aromatic nitrogens is 2. The molecule has 0 unspecified atom stereocenters. The average Bonchev–Trinajstić information content (AvgIpc) is 3.74. The van der Waals surface area contributed by atoms with Crippen molar-refractivity contribution in [3.63, 3.8) is 0 Å². The molecule has 0 saturated carbocycles. The van der Waals surface area contributed by atoms with Gasteiger partial charge in [-0.2, -0.15) is 0 Å². The normalized spacial score (nSPS) is 11.7. The number of aryl methyl sites for hydroxylation is 2. The van der Waals surface area contributed by atoms with Gasteiger partial charge in [0.25, 0.3) is 0 Å². The van der Waals surface area contributed by atoms with Gasteiger partial charge in [-0.1, -0.05) is 111 Å². The molecule has 0 fully saturated rings. The van der Waals surface area contributed by atoms with Crippen molar-refractivity contribution in [3.8, 4) is 11.1 Å². The maximum atomic E-state index is 4.47. The van der Waals surface area contributed by atoms with Crippen LogP contribution in [0.2, 0.25) is 0 Å². The molecule has 0 amide bonds. The van der Waals surface area contributed by atoms with Gasteiger partial charge >= 0.3 is 0 Å². The Labute approximate surface area is 329 Å². The molecule has 2 heterocycles. The Morgan fingerprint density at radius 2 is 0.821 bits per heavy atom. The summed E-state index contributed by atoms with van der Waals surface area (Å²) in [5.41, 5.74) is 13.1. The number of rotatable bonds is 13. The molecule has 0 aliphatic rings. The Morgan fingerprint density at radius 1 is 0.464 bits per heavy atom. The van der Waals surface area contributed by atoms with Crippen molar-refractivity contribution in [1.82, 2.24) is 9.13 Å². The Bertz CT molecular complexity index is 2640. The number of para-hydroxylation sites is 2. The van der Waals surface area contributed by atoms with Crippen molar-refractivity contribution < 1.29 is 0 Å². The predicted octanol–water partition coefficient (Wildman–Crippen LogP) is 14.4. The summed E-state index contributed by atoms with van der Waals surface area (Å²) in [7, 11) is 0. The molecule has 0 bridgehead atoms. The molecular formula is C52H46N4. The first kappa shape index (κ1) is 36.0. The summed E-state index contributed by atoms with van der Waals surface area (Å²) in [5, 5.41) is 4.96. The number of nitrogens with zero attached hydrogens (tertiary/aromatic N) is 4. The molecule has 0 aliphatic heterocycles. The van der Waals surface area contributed by atoms with Gasteiger partial charge in [-0.05, 0) is 110 Å². The summed E-state index contributed by atoms with van der Waals surface area (Å²) in [6.07, 6.45) is 11.4. The molecule has 274 valence electrons. The van der Waals surface area contributed by atoms with Crippen LogP contribution in [0.4, 0.5) is 22.7 Å². The van der Waals surface area contributed by atoms with Crippen LogP contribution in [0.25, 0.3) is 54.7 Å². The van der Waals surface area contributed by atoms with E-state index in [1.54, 1.807) is 12.2 Å². The highest BCUT2D eigenvalue weighted by Crippen LogP contribution is 2.39. The molecular weight excluding hydrogens is 681 g/mol. The Balaban J connectivity index is 1.14. The van der Waals surface area contributed by atoms with Gasteiger partial charge in [-0.3, -0.25) is 0 Å². The first-order valence-electron chi connectivity index (χ1n) is 19.2. The number of anilines is 4. The third-order valence-electron chi connectivity index (χ3n) is 10.7. The van der Waals surface area contributed by atoms with Gasteiger partial charge in [0.05, 0.1) is 0 Å². The van der Waals surface area contributed by atoms with Crippen LogP contribution in [0.1, 0.15) is 13.8 Å². The minimum Gasteiger partial charge on any atom is -0.341 e. The maximum absolute atomic E-state index is 4.47. The zero-order valence-electron chi connectivity index (χ0n) is 32.2. The fourth-order valence-corrected chi connectivity index (χ4v) is 8.12. The molecule has 2 aromatic heterocycles. The summed E-state index contributed by atoms with van der Waals surface area (Å²) >= 11 is 0. The standard InChI is InChI=1S/C52H46N4/c1-7-11-17-37(5)55(43-31-33-51-47(35-43)45-19-13-15-21-49(45)53(51)9-3)41-27-23-39(24-28-41)40-25-29-42(30-26-40)56(38(6)18-12-8-2)44-32-34-52-48(36-44)46-20-14-16-22-50(46)54(52)10-4/h7-8,11-36H,1-2,5-6,9-10H2,3-4H3/b17-11-,18-12-. The zero-order chi connectivity index (χ0) is 38.8. The van der Waals surface area contributed by atoms with Crippen molar-refractivity contribution >= 4 is 66.4 Å². The molecule has 4 nitrogen and oxygen atoms in total. The van der Waals surface area contributed by atoms with Crippen LogP contribution >= 0.6 is 0 Å². The minimum atomic E-state index is 0.851. The van der Waals surface area contributed by atoms with Gasteiger partial charge in [0.2, 0.25) is 0 Å². The first-order chi connectivity index (χ1) is 27.4. The van der Waals surface area contributed by atoms with E-state index < -0.39 is 0 Å². The molecule has 6 aromatic carbocycles. The first-order valence-corrected chi connectivity index (χ1v) is 19.2. The van der Waals surface area contributed by atoms with Crippen LogP contribution in [0, 0.1) is 0 Å². The van der Waals surface area contributed by atoms with Gasteiger partial charge in [-0.25, -0.2) is 0 Å². The van der Waals surface area contributed by atoms with Crippen LogP contribution < -0.4 is 9.80 Å². The number of hydrogen-bond donors (Lipinski definition) is 0. The molecule has 8 aromatic rings. The molecule has 8 rings (SSSR count). The lowest BCUT2D eigenvalue weighted by Crippen LogP contribution is -2.14. The fraction of sp³-hybridized carbons (Fsp3) is 0.0769. The van der Waals surface area contributed by atoms with E-state index in [2.05, 4.69) is 193 Å². The van der Waals surface area contributed by atoms with E-state index in [4.69, 9.17) is 0 Å². The Morgan fingerprint density at radius 3 is 1.20 bits per heavy atom. The third-order valence-corrected chi connectivity index (χ3v) is 10.7. The van der Waals surface area contributed by atoms with Gasteiger partial charge < -0.3 is 18.9 Å². The van der Waals surface area contributed by atoms with Crippen LogP contribution in [-0.4, -0.2) is 9.13 Å². The topological polar surface area (TPSA) is 16.3 Å². The number of benzene rings is 6. The monoisotopic (exact) mass is 726 g/mol. The fourth-order valence-electron chi connectivity index (χ4n) is 8.12. The summed E-state index contributed by atoms with van der Waals surface area (Å²) in [4.78, 5) is 4.42. The second-order valence-electron chi connectivity index (χ2n) is 13.9. The molecule has 0 saturated heterocycles. The minimum absolute atomic E-state index is 0.851. The summed E-state index contributed by atoms with van der Waals surface area (Å²) < 4.78 is 4.76. The second kappa shape index (κ2) is 15.4. The van der Waals surface area contributed by atoms with Gasteiger partial charge in [0, 0.05) is 90.8 Å². The molecule has 0 atom stereocenters. The molecule has 4 heteroatoms. The number of hydrogen-bond acceptors (Lipinski definition) is 2. The van der Waals surface area contributed by atoms with Crippen LogP contribution in [0.3, 0.4) is 0 Å². The average molecular weight is 727 g/mol. The van der Waals surface area contributed by atoms with E-state index in [1.165, 1.54) is 43.6 Å². The summed E-state index contributed by atoms with van der Waals surface area (Å²) in [5.74, 6) is 0. The lowest BCUT2D eigenvalue weighted by atomic mass is 10.0. The van der Waals surface area contributed by atoms with Crippen LogP contribution in [0.5, 0.6) is 0 Å². The molecule has 56 heavy (non-hydrogen) atoms. The summed E-state index contributed by atoms with van der Waals surface area (Å²) in [6.45, 7) is 22.9. The van der Waals surface area contributed by atoms with E-state index >= 15 is 0 Å². The number of fused-ring (bicyclic) bond motifs is 6. The van der Waals surface area contributed by atoms with Crippen molar-refractivity contribution in [1.29, 1.82) is 0 Å². The maximum Gasteiger partial charge on any atom is 0.0492 e. The van der Waals surface area contributed by atoms with E-state index in [0.29, 0.717) is 0 Å². The Hall–Kier alpha value is -7.04. The third kappa shape index (κ3) is 6.35. The van der Waals surface area contributed by atoms with Crippen molar-refractivity contribution in [2.75, 3.05) is 9.80 Å². The van der Waals surface area contributed by atoms with Crippen LogP contribution in [-0.2, 0) is 13.1 Å². The SMILES string of the molecule is C=C/C=C\C(=C)N(c1ccc(-c2ccc(N(C(=C)/C=C\C=C)c3ccc4c(c3)c3ccccc3n4CC)cc2)cc1)c1ccc2c(c1)c1ccccc1n2CC. The van der Waals surface area contributed by atoms with Crippen molar-refractivity contribution in [3.05, 3.63) is 208 Å². The largest absolute Gasteiger partial charge is 0.341 e. The molecule has 0 N–H and O–H groups in total. The highest BCUT2D eigenvalue weighted by Gasteiger charge is 2.18. The van der Waals surface area contributed by atoms with E-state index in [9.17, 15) is 0 Å². The highest BCUT2D eigenvalue weighted by atomic mass is 15.2. The molecule has 0 aliphatic carbocycles. The smallest absolute Gasteiger partial charge is 0.0492 e. The lowest BCUT2D eigenvalue weighted by molar-refractivity contribution is 0.827. The van der Waals surface area contributed by atoms with E-state index in [0.717, 1.165) is 58.4 Å².